The number of rotatable bonds is 4. The normalized spacial score (nSPS) is 12.7. The van der Waals surface area contributed by atoms with Crippen LogP contribution < -0.4 is 0 Å². The summed E-state index contributed by atoms with van der Waals surface area (Å²) >= 11 is 0. The lowest BCUT2D eigenvalue weighted by molar-refractivity contribution is -0.155. The van der Waals surface area contributed by atoms with E-state index in [9.17, 15) is 9.90 Å². The van der Waals surface area contributed by atoms with Crippen molar-refractivity contribution in [2.45, 2.75) is 38.7 Å². The summed E-state index contributed by atoms with van der Waals surface area (Å²) in [7, 11) is 0. The van der Waals surface area contributed by atoms with Crippen LogP contribution in [0, 0.1) is 0 Å². The van der Waals surface area contributed by atoms with Crippen molar-refractivity contribution in [3.05, 3.63) is 65.7 Å². The fraction of sp³-hybridized carbons (Fsp3) is 0.316. The van der Waals surface area contributed by atoms with Crippen LogP contribution in [0.15, 0.2) is 54.6 Å². The molecular formula is C19H22O3. The fourth-order valence-corrected chi connectivity index (χ4v) is 2.40. The number of hydrogen-bond acceptors (Lipinski definition) is 3. The van der Waals surface area contributed by atoms with E-state index in [0.29, 0.717) is 0 Å². The van der Waals surface area contributed by atoms with Gasteiger partial charge in [-0.05, 0) is 44.0 Å². The molecule has 1 atom stereocenters. The van der Waals surface area contributed by atoms with E-state index >= 15 is 0 Å². The molecule has 0 unspecified atom stereocenters. The van der Waals surface area contributed by atoms with Gasteiger partial charge in [-0.15, -0.1) is 0 Å². The van der Waals surface area contributed by atoms with Gasteiger partial charge in [0.1, 0.15) is 11.4 Å². The molecule has 2 aromatic carbocycles. The summed E-state index contributed by atoms with van der Waals surface area (Å²) in [5, 5.41) is 9.71. The van der Waals surface area contributed by atoms with Crippen LogP contribution in [0.5, 0.6) is 5.75 Å². The second-order valence-corrected chi connectivity index (χ2v) is 6.35. The van der Waals surface area contributed by atoms with Gasteiger partial charge >= 0.3 is 5.97 Å². The van der Waals surface area contributed by atoms with E-state index < -0.39 is 5.60 Å². The van der Waals surface area contributed by atoms with Gasteiger partial charge in [0.25, 0.3) is 0 Å². The van der Waals surface area contributed by atoms with Crippen molar-refractivity contribution in [2.75, 3.05) is 0 Å². The lowest BCUT2D eigenvalue weighted by Crippen LogP contribution is -2.25. The van der Waals surface area contributed by atoms with Gasteiger partial charge in [-0.2, -0.15) is 0 Å². The second-order valence-electron chi connectivity index (χ2n) is 6.35. The molecule has 3 nitrogen and oxygen atoms in total. The summed E-state index contributed by atoms with van der Waals surface area (Å²) in [5.74, 6) is -0.185. The second kappa shape index (κ2) is 6.65. The summed E-state index contributed by atoms with van der Waals surface area (Å²) in [6, 6.07) is 16.8. The first-order valence-electron chi connectivity index (χ1n) is 7.41. The van der Waals surface area contributed by atoms with Crippen molar-refractivity contribution in [1.82, 2.24) is 0 Å². The predicted octanol–water partition coefficient (Wildman–Crippen LogP) is 4.26. The van der Waals surface area contributed by atoms with E-state index in [4.69, 9.17) is 4.74 Å². The van der Waals surface area contributed by atoms with E-state index in [2.05, 4.69) is 0 Å². The highest BCUT2D eigenvalue weighted by atomic mass is 16.6. The van der Waals surface area contributed by atoms with Gasteiger partial charge < -0.3 is 9.84 Å². The minimum absolute atomic E-state index is 0.136. The molecule has 0 aliphatic heterocycles. The number of phenols is 1. The minimum Gasteiger partial charge on any atom is -0.508 e. The van der Waals surface area contributed by atoms with E-state index in [1.54, 1.807) is 18.2 Å². The van der Waals surface area contributed by atoms with Gasteiger partial charge in [-0.1, -0.05) is 42.5 Å². The highest BCUT2D eigenvalue weighted by Gasteiger charge is 2.23. The topological polar surface area (TPSA) is 46.5 Å². The van der Waals surface area contributed by atoms with Gasteiger partial charge in [0, 0.05) is 5.92 Å². The highest BCUT2D eigenvalue weighted by molar-refractivity contribution is 5.72. The average molecular weight is 298 g/mol. The lowest BCUT2D eigenvalue weighted by atomic mass is 9.88. The molecule has 0 heterocycles. The Kier molecular flexibility index (Phi) is 4.86. The fourth-order valence-electron chi connectivity index (χ4n) is 2.40. The molecule has 1 N–H and O–H groups in total. The van der Waals surface area contributed by atoms with Crippen molar-refractivity contribution < 1.29 is 14.6 Å². The number of hydrogen-bond donors (Lipinski definition) is 1. The van der Waals surface area contributed by atoms with Gasteiger partial charge in [0.05, 0.1) is 6.42 Å². The van der Waals surface area contributed by atoms with E-state index in [1.165, 1.54) is 0 Å². The Balaban J connectivity index is 2.29. The van der Waals surface area contributed by atoms with Gasteiger partial charge in [-0.25, -0.2) is 0 Å². The zero-order chi connectivity index (χ0) is 16.2. The molecular weight excluding hydrogens is 276 g/mol. The lowest BCUT2D eigenvalue weighted by Gasteiger charge is -2.23. The summed E-state index contributed by atoms with van der Waals surface area (Å²) in [6.07, 6.45) is 0.241. The van der Waals surface area contributed by atoms with Crippen LogP contribution in [0.4, 0.5) is 0 Å². The Morgan fingerprint density at radius 1 is 1.05 bits per heavy atom. The number of aromatic hydroxyl groups is 1. The number of esters is 1. The molecule has 22 heavy (non-hydrogen) atoms. The molecule has 0 bridgehead atoms. The third kappa shape index (κ3) is 4.62. The highest BCUT2D eigenvalue weighted by Crippen LogP contribution is 2.30. The maximum atomic E-state index is 12.2. The summed E-state index contributed by atoms with van der Waals surface area (Å²) in [4.78, 5) is 12.2. The molecule has 0 aliphatic carbocycles. The first-order valence-corrected chi connectivity index (χ1v) is 7.41. The first kappa shape index (κ1) is 16.1. The molecule has 0 spiro atoms. The van der Waals surface area contributed by atoms with Gasteiger partial charge in [0.15, 0.2) is 0 Å². The number of ether oxygens (including phenoxy) is 1. The van der Waals surface area contributed by atoms with Gasteiger partial charge in [0.2, 0.25) is 0 Å². The minimum atomic E-state index is -0.503. The number of phenolic OH excluding ortho intramolecular Hbond substituents is 1. The molecule has 0 saturated heterocycles. The Hall–Kier alpha value is -2.29. The zero-order valence-electron chi connectivity index (χ0n) is 13.2. The van der Waals surface area contributed by atoms with Crippen LogP contribution >= 0.6 is 0 Å². The van der Waals surface area contributed by atoms with Crippen LogP contribution in [0.3, 0.4) is 0 Å². The Morgan fingerprint density at radius 2 is 1.68 bits per heavy atom. The van der Waals surface area contributed by atoms with Crippen molar-refractivity contribution in [3.63, 3.8) is 0 Å². The van der Waals surface area contributed by atoms with Crippen LogP contribution in [0.1, 0.15) is 44.2 Å². The Bertz CT molecular complexity index is 627. The van der Waals surface area contributed by atoms with Crippen molar-refractivity contribution in [3.8, 4) is 5.75 Å². The van der Waals surface area contributed by atoms with Gasteiger partial charge in [-0.3, -0.25) is 4.79 Å². The smallest absolute Gasteiger partial charge is 0.307 e. The maximum absolute atomic E-state index is 12.2. The van der Waals surface area contributed by atoms with Crippen molar-refractivity contribution in [1.29, 1.82) is 0 Å². The standard InChI is InChI=1S/C19H22O3/c1-19(2,3)22-18(21)13-17(14-8-5-4-6-9-14)15-10-7-11-16(20)12-15/h4-12,17,20H,13H2,1-3H3/t17-/m0/s1. The van der Waals surface area contributed by atoms with Crippen LogP contribution in [-0.2, 0) is 9.53 Å². The third-order valence-electron chi connectivity index (χ3n) is 3.27. The van der Waals surface area contributed by atoms with Crippen molar-refractivity contribution in [2.24, 2.45) is 0 Å². The molecule has 2 rings (SSSR count). The monoisotopic (exact) mass is 298 g/mol. The van der Waals surface area contributed by atoms with Crippen LogP contribution in [0.25, 0.3) is 0 Å². The van der Waals surface area contributed by atoms with Crippen molar-refractivity contribution >= 4 is 5.97 Å². The number of carbonyl (C=O) groups excluding carboxylic acids is 1. The van der Waals surface area contributed by atoms with E-state index in [-0.39, 0.29) is 24.1 Å². The first-order chi connectivity index (χ1) is 10.3. The maximum Gasteiger partial charge on any atom is 0.307 e. The number of carbonyl (C=O) groups is 1. The third-order valence-corrected chi connectivity index (χ3v) is 3.27. The molecule has 0 radical (unpaired) electrons. The molecule has 0 aromatic heterocycles. The molecule has 0 saturated carbocycles. The summed E-state index contributed by atoms with van der Waals surface area (Å²) in [5.41, 5.74) is 1.42. The molecule has 0 fully saturated rings. The van der Waals surface area contributed by atoms with E-state index in [0.717, 1.165) is 11.1 Å². The quantitative estimate of drug-likeness (QED) is 0.858. The van der Waals surface area contributed by atoms with E-state index in [1.807, 2.05) is 57.2 Å². The predicted molar refractivity (Wildman–Crippen MR) is 86.9 cm³/mol. The SMILES string of the molecule is CC(C)(C)OC(=O)C[C@@H](c1ccccc1)c1cccc(O)c1. The largest absolute Gasteiger partial charge is 0.508 e. The Labute approximate surface area is 131 Å². The molecule has 3 heteroatoms. The summed E-state index contributed by atoms with van der Waals surface area (Å²) in [6.45, 7) is 5.57. The molecule has 116 valence electrons. The average Bonchev–Trinajstić information content (AvgIpc) is 2.44. The molecule has 2 aromatic rings. The molecule has 0 aliphatic rings. The van der Waals surface area contributed by atoms with Crippen LogP contribution in [-0.4, -0.2) is 16.7 Å². The zero-order valence-corrected chi connectivity index (χ0v) is 13.2. The number of benzene rings is 2. The molecule has 0 amide bonds. The summed E-state index contributed by atoms with van der Waals surface area (Å²) < 4.78 is 5.44. The van der Waals surface area contributed by atoms with Crippen LogP contribution in [0.2, 0.25) is 0 Å². The Morgan fingerprint density at radius 3 is 2.27 bits per heavy atom.